The van der Waals surface area contributed by atoms with E-state index in [0.29, 0.717) is 41.9 Å². The van der Waals surface area contributed by atoms with Gasteiger partial charge in [-0.1, -0.05) is 11.6 Å². The Labute approximate surface area is 133 Å². The summed E-state index contributed by atoms with van der Waals surface area (Å²) in [5.41, 5.74) is 6.66. The van der Waals surface area contributed by atoms with Crippen LogP contribution in [-0.4, -0.2) is 37.1 Å². The van der Waals surface area contributed by atoms with Crippen molar-refractivity contribution in [2.45, 2.75) is 13.8 Å². The average Bonchev–Trinajstić information content (AvgIpc) is 2.79. The maximum absolute atomic E-state index is 12.6. The lowest BCUT2D eigenvalue weighted by atomic mass is 10.2. The van der Waals surface area contributed by atoms with Crippen molar-refractivity contribution >= 4 is 44.6 Å². The van der Waals surface area contributed by atoms with Crippen molar-refractivity contribution in [3.05, 3.63) is 28.1 Å². The number of thiophene rings is 1. The number of carbonyl (C=O) groups is 1. The third kappa shape index (κ3) is 3.48. The maximum Gasteiger partial charge on any atom is 0.266 e. The summed E-state index contributed by atoms with van der Waals surface area (Å²) in [4.78, 5) is 14.9. The van der Waals surface area contributed by atoms with Crippen LogP contribution in [-0.2, 0) is 4.74 Å². The summed E-state index contributed by atoms with van der Waals surface area (Å²) in [6.45, 7) is 6.26. The number of fused-ring (bicyclic) bond motifs is 1. The van der Waals surface area contributed by atoms with E-state index < -0.39 is 0 Å². The fourth-order valence-corrected chi connectivity index (χ4v) is 3.48. The standard InChI is InChI=1S/C15H19ClN2O2S/c1-3-18(7-8-20-4-2)15(19)14-13(17)11-6-5-10(16)9-12(11)21-14/h5-6,9H,3-4,7-8,17H2,1-2H3. The molecule has 0 radical (unpaired) electrons. The van der Waals surface area contributed by atoms with Gasteiger partial charge in [0.25, 0.3) is 5.91 Å². The van der Waals surface area contributed by atoms with Crippen LogP contribution in [0.1, 0.15) is 23.5 Å². The van der Waals surface area contributed by atoms with Gasteiger partial charge in [0.2, 0.25) is 0 Å². The van der Waals surface area contributed by atoms with Gasteiger partial charge >= 0.3 is 0 Å². The zero-order valence-corrected chi connectivity index (χ0v) is 13.8. The van der Waals surface area contributed by atoms with Gasteiger partial charge in [0.05, 0.1) is 12.3 Å². The first-order valence-corrected chi connectivity index (χ1v) is 8.12. The molecule has 0 aliphatic carbocycles. The Morgan fingerprint density at radius 2 is 2.19 bits per heavy atom. The number of benzene rings is 1. The van der Waals surface area contributed by atoms with Crippen LogP contribution in [0.15, 0.2) is 18.2 Å². The molecule has 1 aromatic heterocycles. The van der Waals surface area contributed by atoms with Crippen LogP contribution in [0.25, 0.3) is 10.1 Å². The molecular formula is C15H19ClN2O2S. The largest absolute Gasteiger partial charge is 0.397 e. The molecule has 114 valence electrons. The number of likely N-dealkylation sites (N-methyl/N-ethyl adjacent to an activating group) is 1. The first kappa shape index (κ1) is 16.1. The van der Waals surface area contributed by atoms with Gasteiger partial charge in [0.15, 0.2) is 0 Å². The fraction of sp³-hybridized carbons (Fsp3) is 0.400. The van der Waals surface area contributed by atoms with Gasteiger partial charge in [-0.05, 0) is 32.0 Å². The molecular weight excluding hydrogens is 308 g/mol. The van der Waals surface area contributed by atoms with E-state index in [-0.39, 0.29) is 5.91 Å². The Balaban J connectivity index is 2.27. The molecule has 0 atom stereocenters. The molecule has 0 unspecified atom stereocenters. The molecule has 0 fully saturated rings. The zero-order chi connectivity index (χ0) is 15.4. The Hall–Kier alpha value is -1.30. The number of hydrogen-bond donors (Lipinski definition) is 1. The SMILES string of the molecule is CCOCCN(CC)C(=O)c1sc2cc(Cl)ccc2c1N. The molecule has 6 heteroatoms. The molecule has 4 nitrogen and oxygen atoms in total. The van der Waals surface area contributed by atoms with E-state index in [1.54, 1.807) is 11.0 Å². The molecule has 1 amide bonds. The van der Waals surface area contributed by atoms with Crippen molar-refractivity contribution in [3.8, 4) is 0 Å². The summed E-state index contributed by atoms with van der Waals surface area (Å²) in [5.74, 6) is -0.0491. The number of hydrogen-bond acceptors (Lipinski definition) is 4. The van der Waals surface area contributed by atoms with Crippen molar-refractivity contribution in [1.29, 1.82) is 0 Å². The van der Waals surface area contributed by atoms with E-state index in [1.165, 1.54) is 11.3 Å². The van der Waals surface area contributed by atoms with Gasteiger partial charge in [0, 0.05) is 34.8 Å². The topological polar surface area (TPSA) is 55.6 Å². The zero-order valence-electron chi connectivity index (χ0n) is 12.2. The molecule has 0 aliphatic heterocycles. The van der Waals surface area contributed by atoms with Crippen LogP contribution in [0.4, 0.5) is 5.69 Å². The highest BCUT2D eigenvalue weighted by atomic mass is 35.5. The molecule has 2 aromatic rings. The fourth-order valence-electron chi connectivity index (χ4n) is 2.12. The third-order valence-corrected chi connectivity index (χ3v) is 4.65. The summed E-state index contributed by atoms with van der Waals surface area (Å²) in [6.07, 6.45) is 0. The van der Waals surface area contributed by atoms with Crippen molar-refractivity contribution in [2.24, 2.45) is 0 Å². The molecule has 0 saturated carbocycles. The predicted molar refractivity (Wildman–Crippen MR) is 89.3 cm³/mol. The lowest BCUT2D eigenvalue weighted by molar-refractivity contribution is 0.0674. The number of ether oxygens (including phenoxy) is 1. The van der Waals surface area contributed by atoms with Crippen molar-refractivity contribution in [2.75, 3.05) is 32.0 Å². The highest BCUT2D eigenvalue weighted by molar-refractivity contribution is 7.21. The van der Waals surface area contributed by atoms with Crippen LogP contribution >= 0.6 is 22.9 Å². The summed E-state index contributed by atoms with van der Waals surface area (Å²) in [6, 6.07) is 5.48. The lowest BCUT2D eigenvalue weighted by Gasteiger charge is -2.20. The van der Waals surface area contributed by atoms with E-state index in [2.05, 4.69) is 0 Å². The van der Waals surface area contributed by atoms with E-state index in [0.717, 1.165) is 10.1 Å². The Bertz CT molecular complexity index is 642. The Morgan fingerprint density at radius 3 is 2.86 bits per heavy atom. The number of anilines is 1. The van der Waals surface area contributed by atoms with Gasteiger partial charge in [-0.25, -0.2) is 0 Å². The minimum Gasteiger partial charge on any atom is -0.397 e. The number of nitrogens with two attached hydrogens (primary N) is 1. The summed E-state index contributed by atoms with van der Waals surface area (Å²) >= 11 is 7.38. The highest BCUT2D eigenvalue weighted by Gasteiger charge is 2.21. The van der Waals surface area contributed by atoms with E-state index in [9.17, 15) is 4.79 Å². The molecule has 21 heavy (non-hydrogen) atoms. The Kier molecular flexibility index (Phi) is 5.45. The monoisotopic (exact) mass is 326 g/mol. The maximum atomic E-state index is 12.6. The molecule has 0 aliphatic rings. The van der Waals surface area contributed by atoms with Crippen molar-refractivity contribution < 1.29 is 9.53 Å². The molecule has 2 N–H and O–H groups in total. The first-order valence-electron chi connectivity index (χ1n) is 6.93. The first-order chi connectivity index (χ1) is 10.1. The van der Waals surface area contributed by atoms with Crippen LogP contribution in [0.5, 0.6) is 0 Å². The smallest absolute Gasteiger partial charge is 0.266 e. The number of carbonyl (C=O) groups excluding carboxylic acids is 1. The number of nitrogen functional groups attached to an aromatic ring is 1. The normalized spacial score (nSPS) is 11.0. The molecule has 2 rings (SSSR count). The van der Waals surface area contributed by atoms with E-state index in [4.69, 9.17) is 22.1 Å². The second kappa shape index (κ2) is 7.11. The molecule has 0 spiro atoms. The minimum absolute atomic E-state index is 0.0491. The van der Waals surface area contributed by atoms with Crippen LogP contribution in [0.2, 0.25) is 5.02 Å². The number of halogens is 1. The summed E-state index contributed by atoms with van der Waals surface area (Å²) in [7, 11) is 0. The molecule has 0 saturated heterocycles. The van der Waals surface area contributed by atoms with Crippen molar-refractivity contribution in [3.63, 3.8) is 0 Å². The Morgan fingerprint density at radius 1 is 1.43 bits per heavy atom. The molecule has 1 aromatic carbocycles. The van der Waals surface area contributed by atoms with Crippen LogP contribution < -0.4 is 5.73 Å². The summed E-state index contributed by atoms with van der Waals surface area (Å²) in [5, 5.41) is 1.53. The second-order valence-corrected chi connectivity index (χ2v) is 6.06. The molecule has 0 bridgehead atoms. The lowest BCUT2D eigenvalue weighted by Crippen LogP contribution is -2.33. The third-order valence-electron chi connectivity index (χ3n) is 3.26. The van der Waals surface area contributed by atoms with Gasteiger partial charge < -0.3 is 15.4 Å². The van der Waals surface area contributed by atoms with Gasteiger partial charge in [-0.2, -0.15) is 0 Å². The van der Waals surface area contributed by atoms with Gasteiger partial charge in [0.1, 0.15) is 4.88 Å². The average molecular weight is 327 g/mol. The van der Waals surface area contributed by atoms with Gasteiger partial charge in [-0.15, -0.1) is 11.3 Å². The number of rotatable bonds is 6. The number of amides is 1. The number of nitrogens with zero attached hydrogens (tertiary/aromatic N) is 1. The van der Waals surface area contributed by atoms with E-state index in [1.807, 2.05) is 26.0 Å². The van der Waals surface area contributed by atoms with Crippen LogP contribution in [0, 0.1) is 0 Å². The van der Waals surface area contributed by atoms with E-state index >= 15 is 0 Å². The van der Waals surface area contributed by atoms with Crippen LogP contribution in [0.3, 0.4) is 0 Å². The quantitative estimate of drug-likeness (QED) is 0.825. The minimum atomic E-state index is -0.0491. The summed E-state index contributed by atoms with van der Waals surface area (Å²) < 4.78 is 6.25. The highest BCUT2D eigenvalue weighted by Crippen LogP contribution is 2.35. The predicted octanol–water partition coefficient (Wildman–Crippen LogP) is 3.64. The van der Waals surface area contributed by atoms with Crippen molar-refractivity contribution in [1.82, 2.24) is 4.90 Å². The second-order valence-electron chi connectivity index (χ2n) is 4.57. The van der Waals surface area contributed by atoms with Gasteiger partial charge in [-0.3, -0.25) is 4.79 Å². The molecule has 1 heterocycles.